The SMILES string of the molecule is CCNc1snnc1CN1CCC(O)C(C)C1. The second kappa shape index (κ2) is 5.75. The van der Waals surface area contributed by atoms with E-state index in [0.29, 0.717) is 5.92 Å². The van der Waals surface area contributed by atoms with Crippen molar-refractivity contribution in [2.75, 3.05) is 25.0 Å². The van der Waals surface area contributed by atoms with Gasteiger partial charge in [0, 0.05) is 37.7 Å². The molecule has 1 saturated heterocycles. The normalized spacial score (nSPS) is 26.1. The zero-order valence-corrected chi connectivity index (χ0v) is 11.2. The van der Waals surface area contributed by atoms with Crippen LogP contribution in [0.15, 0.2) is 0 Å². The molecule has 0 radical (unpaired) electrons. The quantitative estimate of drug-likeness (QED) is 0.847. The minimum absolute atomic E-state index is 0.145. The van der Waals surface area contributed by atoms with Crippen LogP contribution in [0, 0.1) is 5.92 Å². The second-order valence-electron chi connectivity index (χ2n) is 4.65. The first-order valence-corrected chi connectivity index (χ1v) is 6.93. The Hall–Kier alpha value is -0.720. The van der Waals surface area contributed by atoms with E-state index in [-0.39, 0.29) is 6.10 Å². The molecule has 2 N–H and O–H groups in total. The molecule has 2 atom stereocenters. The van der Waals surface area contributed by atoms with Gasteiger partial charge in [-0.1, -0.05) is 11.4 Å². The number of aromatic nitrogens is 2. The summed E-state index contributed by atoms with van der Waals surface area (Å²) in [7, 11) is 0. The van der Waals surface area contributed by atoms with Gasteiger partial charge in [-0.05, 0) is 19.3 Å². The fourth-order valence-electron chi connectivity index (χ4n) is 2.18. The van der Waals surface area contributed by atoms with Gasteiger partial charge in [0.1, 0.15) is 10.7 Å². The summed E-state index contributed by atoms with van der Waals surface area (Å²) in [5.74, 6) is 0.345. The third-order valence-electron chi connectivity index (χ3n) is 3.21. The molecule has 5 nitrogen and oxygen atoms in total. The van der Waals surface area contributed by atoms with E-state index in [2.05, 4.69) is 33.7 Å². The predicted octanol–water partition coefficient (Wildman–Crippen LogP) is 1.17. The van der Waals surface area contributed by atoms with E-state index in [1.165, 1.54) is 11.5 Å². The Balaban J connectivity index is 1.94. The number of hydrogen-bond acceptors (Lipinski definition) is 6. The van der Waals surface area contributed by atoms with Gasteiger partial charge in [-0.3, -0.25) is 4.90 Å². The summed E-state index contributed by atoms with van der Waals surface area (Å²) in [5.41, 5.74) is 1.03. The summed E-state index contributed by atoms with van der Waals surface area (Å²) in [4.78, 5) is 2.34. The smallest absolute Gasteiger partial charge is 0.134 e. The monoisotopic (exact) mass is 256 g/mol. The maximum Gasteiger partial charge on any atom is 0.134 e. The van der Waals surface area contributed by atoms with Gasteiger partial charge < -0.3 is 10.4 Å². The number of aliphatic hydroxyl groups is 1. The highest BCUT2D eigenvalue weighted by Crippen LogP contribution is 2.22. The molecule has 0 saturated carbocycles. The summed E-state index contributed by atoms with van der Waals surface area (Å²) in [6.07, 6.45) is 0.711. The lowest BCUT2D eigenvalue weighted by Gasteiger charge is -2.33. The number of piperidine rings is 1. The molecular formula is C11H20N4OS. The third-order valence-corrected chi connectivity index (χ3v) is 3.94. The predicted molar refractivity (Wildman–Crippen MR) is 69.1 cm³/mol. The van der Waals surface area contributed by atoms with Gasteiger partial charge in [-0.25, -0.2) is 0 Å². The molecule has 1 aliphatic heterocycles. The van der Waals surface area contributed by atoms with Gasteiger partial charge >= 0.3 is 0 Å². The number of nitrogens with zero attached hydrogens (tertiary/aromatic N) is 3. The average Bonchev–Trinajstić information content (AvgIpc) is 2.72. The van der Waals surface area contributed by atoms with Crippen molar-refractivity contribution in [1.82, 2.24) is 14.5 Å². The molecule has 6 heteroatoms. The molecule has 0 aliphatic carbocycles. The van der Waals surface area contributed by atoms with Crippen LogP contribution in [0.25, 0.3) is 0 Å². The lowest BCUT2D eigenvalue weighted by Crippen LogP contribution is -2.41. The van der Waals surface area contributed by atoms with Crippen LogP contribution in [0.4, 0.5) is 5.00 Å². The summed E-state index contributed by atoms with van der Waals surface area (Å²) in [5, 5.41) is 18.2. The molecule has 96 valence electrons. The zero-order valence-electron chi connectivity index (χ0n) is 10.4. The van der Waals surface area contributed by atoms with E-state index in [9.17, 15) is 5.11 Å². The van der Waals surface area contributed by atoms with Crippen molar-refractivity contribution in [3.63, 3.8) is 0 Å². The van der Waals surface area contributed by atoms with E-state index in [1.807, 2.05) is 0 Å². The second-order valence-corrected chi connectivity index (χ2v) is 5.40. The van der Waals surface area contributed by atoms with E-state index >= 15 is 0 Å². The number of nitrogens with one attached hydrogen (secondary N) is 1. The van der Waals surface area contributed by atoms with Gasteiger partial charge in [0.15, 0.2) is 0 Å². The lowest BCUT2D eigenvalue weighted by molar-refractivity contribution is 0.0316. The van der Waals surface area contributed by atoms with Gasteiger partial charge in [0.2, 0.25) is 0 Å². The molecule has 1 aliphatic rings. The molecule has 1 aromatic rings. The summed E-state index contributed by atoms with van der Waals surface area (Å²) < 4.78 is 3.99. The van der Waals surface area contributed by atoms with Crippen molar-refractivity contribution in [2.24, 2.45) is 5.92 Å². The standard InChI is InChI=1S/C11H20N4OS/c1-3-12-11-9(13-14-17-11)7-15-5-4-10(16)8(2)6-15/h8,10,12,16H,3-7H2,1-2H3. The number of aliphatic hydroxyl groups excluding tert-OH is 1. The fraction of sp³-hybridized carbons (Fsp3) is 0.818. The van der Waals surface area contributed by atoms with E-state index in [1.54, 1.807) is 0 Å². The molecule has 0 amide bonds. The minimum Gasteiger partial charge on any atom is -0.393 e. The summed E-state index contributed by atoms with van der Waals surface area (Å²) in [6.45, 7) is 7.77. The van der Waals surface area contributed by atoms with Gasteiger partial charge in [-0.2, -0.15) is 0 Å². The van der Waals surface area contributed by atoms with Crippen LogP contribution < -0.4 is 5.32 Å². The summed E-state index contributed by atoms with van der Waals surface area (Å²) >= 11 is 1.42. The third kappa shape index (κ3) is 3.14. The van der Waals surface area contributed by atoms with Crippen molar-refractivity contribution in [3.8, 4) is 0 Å². The molecule has 2 rings (SSSR count). The summed E-state index contributed by atoms with van der Waals surface area (Å²) in [6, 6.07) is 0. The Morgan fingerprint density at radius 3 is 3.12 bits per heavy atom. The molecule has 2 unspecified atom stereocenters. The van der Waals surface area contributed by atoms with Crippen molar-refractivity contribution < 1.29 is 5.11 Å². The Kier molecular flexibility index (Phi) is 4.31. The molecule has 0 bridgehead atoms. The van der Waals surface area contributed by atoms with Crippen LogP contribution in [-0.2, 0) is 6.54 Å². The van der Waals surface area contributed by atoms with Crippen LogP contribution in [0.1, 0.15) is 26.0 Å². The lowest BCUT2D eigenvalue weighted by atomic mass is 9.97. The van der Waals surface area contributed by atoms with E-state index in [0.717, 1.165) is 43.3 Å². The first-order valence-electron chi connectivity index (χ1n) is 6.16. The van der Waals surface area contributed by atoms with Crippen LogP contribution in [0.3, 0.4) is 0 Å². The van der Waals surface area contributed by atoms with Crippen molar-refractivity contribution in [1.29, 1.82) is 0 Å². The van der Waals surface area contributed by atoms with Gasteiger partial charge in [0.25, 0.3) is 0 Å². The zero-order chi connectivity index (χ0) is 12.3. The Morgan fingerprint density at radius 2 is 2.41 bits per heavy atom. The minimum atomic E-state index is -0.145. The Morgan fingerprint density at radius 1 is 1.59 bits per heavy atom. The number of rotatable bonds is 4. The van der Waals surface area contributed by atoms with Crippen LogP contribution in [-0.4, -0.2) is 45.3 Å². The average molecular weight is 256 g/mol. The largest absolute Gasteiger partial charge is 0.393 e. The highest BCUT2D eigenvalue weighted by Gasteiger charge is 2.25. The van der Waals surface area contributed by atoms with Crippen LogP contribution >= 0.6 is 11.5 Å². The number of anilines is 1. The van der Waals surface area contributed by atoms with Crippen molar-refractivity contribution in [2.45, 2.75) is 32.9 Å². The molecule has 2 heterocycles. The molecule has 0 spiro atoms. The highest BCUT2D eigenvalue weighted by molar-refractivity contribution is 7.10. The number of likely N-dealkylation sites (tertiary alicyclic amines) is 1. The van der Waals surface area contributed by atoms with E-state index < -0.39 is 0 Å². The van der Waals surface area contributed by atoms with Gasteiger partial charge in [-0.15, -0.1) is 5.10 Å². The molecule has 0 aromatic carbocycles. The van der Waals surface area contributed by atoms with Gasteiger partial charge in [0.05, 0.1) is 6.10 Å². The molecule has 1 aromatic heterocycles. The Bertz CT molecular complexity index is 357. The van der Waals surface area contributed by atoms with Crippen LogP contribution in [0.5, 0.6) is 0 Å². The fourth-order valence-corrected chi connectivity index (χ4v) is 2.82. The number of hydrogen-bond donors (Lipinski definition) is 2. The van der Waals surface area contributed by atoms with Crippen molar-refractivity contribution in [3.05, 3.63) is 5.69 Å². The molecule has 17 heavy (non-hydrogen) atoms. The molecular weight excluding hydrogens is 236 g/mol. The van der Waals surface area contributed by atoms with Crippen molar-refractivity contribution >= 4 is 16.5 Å². The first kappa shape index (κ1) is 12.7. The first-order chi connectivity index (χ1) is 8.20. The topological polar surface area (TPSA) is 61.3 Å². The maximum absolute atomic E-state index is 9.70. The molecule has 1 fully saturated rings. The maximum atomic E-state index is 9.70. The Labute approximate surface area is 106 Å². The van der Waals surface area contributed by atoms with Crippen LogP contribution in [0.2, 0.25) is 0 Å². The highest BCUT2D eigenvalue weighted by atomic mass is 32.1. The van der Waals surface area contributed by atoms with E-state index in [4.69, 9.17) is 0 Å².